The van der Waals surface area contributed by atoms with Gasteiger partial charge in [-0.2, -0.15) is 0 Å². The first kappa shape index (κ1) is 36.7. The van der Waals surface area contributed by atoms with Crippen LogP contribution in [0.5, 0.6) is 11.5 Å². The molecule has 0 radical (unpaired) electrons. The van der Waals surface area contributed by atoms with Crippen molar-refractivity contribution in [2.75, 3.05) is 29.9 Å². The summed E-state index contributed by atoms with van der Waals surface area (Å²) in [4.78, 5) is 55.5. The van der Waals surface area contributed by atoms with Crippen molar-refractivity contribution >= 4 is 45.7 Å². The largest absolute Gasteiger partial charge is 0.491 e. The number of piperidine rings is 1. The quantitative estimate of drug-likeness (QED) is 0.141. The Labute approximate surface area is 316 Å². The van der Waals surface area contributed by atoms with E-state index in [2.05, 4.69) is 32.8 Å². The van der Waals surface area contributed by atoms with E-state index < -0.39 is 17.8 Å². The van der Waals surface area contributed by atoms with E-state index in [4.69, 9.17) is 9.47 Å². The fourth-order valence-corrected chi connectivity index (χ4v) is 6.72. The second-order valence-electron chi connectivity index (χ2n) is 13.7. The van der Waals surface area contributed by atoms with Crippen molar-refractivity contribution in [3.05, 3.63) is 106 Å². The van der Waals surface area contributed by atoms with Gasteiger partial charge >= 0.3 is 0 Å². The maximum Gasteiger partial charge on any atom is 0.270 e. The van der Waals surface area contributed by atoms with E-state index in [1.165, 1.54) is 18.3 Å². The van der Waals surface area contributed by atoms with Crippen molar-refractivity contribution in [1.82, 2.24) is 20.2 Å². The van der Waals surface area contributed by atoms with E-state index in [-0.39, 0.29) is 47.7 Å². The molecule has 0 bridgehead atoms. The second-order valence-corrected chi connectivity index (χ2v) is 13.7. The minimum Gasteiger partial charge on any atom is -0.491 e. The second kappa shape index (κ2) is 15.4. The molecule has 3 aromatic carbocycles. The smallest absolute Gasteiger partial charge is 0.270 e. The number of hydrogen-bond donors (Lipinski definition) is 3. The van der Waals surface area contributed by atoms with Gasteiger partial charge in [-0.15, -0.1) is 0 Å². The van der Waals surface area contributed by atoms with Crippen molar-refractivity contribution in [2.45, 2.75) is 45.8 Å². The number of nitrogens with zero attached hydrogens (tertiary/aromatic N) is 3. The van der Waals surface area contributed by atoms with Crippen LogP contribution in [0.3, 0.4) is 0 Å². The third kappa shape index (κ3) is 7.84. The van der Waals surface area contributed by atoms with Gasteiger partial charge in [0.2, 0.25) is 11.8 Å². The Morgan fingerprint density at radius 3 is 2.69 bits per heavy atom. The first-order chi connectivity index (χ1) is 26.4. The highest BCUT2D eigenvalue weighted by atomic mass is 19.1. The van der Waals surface area contributed by atoms with Gasteiger partial charge in [0.05, 0.1) is 36.1 Å². The summed E-state index contributed by atoms with van der Waals surface area (Å²) in [5.74, 6) is 5.40. The van der Waals surface area contributed by atoms with Crippen molar-refractivity contribution in [3.63, 3.8) is 0 Å². The van der Waals surface area contributed by atoms with E-state index in [9.17, 15) is 19.2 Å². The van der Waals surface area contributed by atoms with Crippen LogP contribution in [0.25, 0.3) is 22.0 Å². The zero-order valence-corrected chi connectivity index (χ0v) is 30.8. The Hall–Kier alpha value is -6.68. The molecule has 12 nitrogen and oxygen atoms in total. The summed E-state index contributed by atoms with van der Waals surface area (Å²) in [6, 6.07) is 18.5. The van der Waals surface area contributed by atoms with Crippen LogP contribution < -0.4 is 35.9 Å². The average Bonchev–Trinajstić information content (AvgIpc) is 3.16. The predicted octanol–water partition coefficient (Wildman–Crippen LogP) is 5.36. The number of anilines is 3. The van der Waals surface area contributed by atoms with Crippen LogP contribution in [0.1, 0.15) is 48.3 Å². The lowest BCUT2D eigenvalue weighted by molar-refractivity contribution is -0.133. The van der Waals surface area contributed by atoms with Gasteiger partial charge in [0.15, 0.2) is 0 Å². The van der Waals surface area contributed by atoms with E-state index in [0.717, 1.165) is 11.1 Å². The number of fused-ring (bicyclic) bond motifs is 2. The molecule has 3 amide bonds. The number of ether oxygens (including phenoxy) is 2. The highest BCUT2D eigenvalue weighted by molar-refractivity contribution is 6.01. The molecule has 2 aliphatic heterocycles. The first-order valence-corrected chi connectivity index (χ1v) is 17.9. The third-order valence-corrected chi connectivity index (χ3v) is 9.37. The maximum absolute atomic E-state index is 16.0. The number of amides is 3. The zero-order valence-electron chi connectivity index (χ0n) is 30.8. The molecule has 0 spiro atoms. The molecule has 13 heteroatoms. The molecule has 1 atom stereocenters. The van der Waals surface area contributed by atoms with Gasteiger partial charge in [0.1, 0.15) is 35.7 Å². The van der Waals surface area contributed by atoms with Gasteiger partial charge in [-0.25, -0.2) is 4.39 Å². The van der Waals surface area contributed by atoms with Crippen LogP contribution in [0.2, 0.25) is 0 Å². The Kier molecular flexibility index (Phi) is 10.2. The molecule has 2 aromatic heterocycles. The maximum atomic E-state index is 16.0. The SMILES string of the molecule is Cc1cc2c(N3CCOc4cc(-c5ccc(C(=O)NCC#Cc6cccc(NC7CCC(=O)NC7=O)c6)nc5)c(F)cc43)cc(OC(C)C)cc2n(C)c1=O. The van der Waals surface area contributed by atoms with Crippen molar-refractivity contribution in [1.29, 1.82) is 0 Å². The van der Waals surface area contributed by atoms with Crippen molar-refractivity contribution in [2.24, 2.45) is 7.05 Å². The third-order valence-electron chi connectivity index (χ3n) is 9.37. The van der Waals surface area contributed by atoms with E-state index in [1.807, 2.05) is 43.0 Å². The zero-order chi connectivity index (χ0) is 38.8. The van der Waals surface area contributed by atoms with Crippen LogP contribution in [-0.4, -0.2) is 59.1 Å². The van der Waals surface area contributed by atoms with Gasteiger partial charge < -0.3 is 29.6 Å². The molecule has 0 saturated carbocycles. The number of carbonyl (C=O) groups excluding carboxylic acids is 3. The molecule has 1 unspecified atom stereocenters. The number of pyridine rings is 2. The molecular weight excluding hydrogens is 703 g/mol. The normalized spacial score (nSPS) is 15.1. The highest BCUT2D eigenvalue weighted by Gasteiger charge is 2.27. The number of halogens is 1. The van der Waals surface area contributed by atoms with Gasteiger partial charge in [-0.05, 0) is 63.6 Å². The lowest BCUT2D eigenvalue weighted by atomic mass is 10.0. The molecule has 280 valence electrons. The molecule has 1 fully saturated rings. The van der Waals surface area contributed by atoms with Gasteiger partial charge in [-0.3, -0.25) is 29.5 Å². The van der Waals surface area contributed by atoms with E-state index in [1.54, 1.807) is 48.9 Å². The average molecular weight is 743 g/mol. The Morgan fingerprint density at radius 1 is 1.09 bits per heavy atom. The number of carbonyl (C=O) groups is 3. The lowest BCUT2D eigenvalue weighted by Gasteiger charge is -2.33. The Balaban J connectivity index is 1.05. The Bertz CT molecular complexity index is 2470. The van der Waals surface area contributed by atoms with E-state index in [0.29, 0.717) is 64.7 Å². The number of hydrogen-bond acceptors (Lipinski definition) is 9. The summed E-state index contributed by atoms with van der Waals surface area (Å²) in [5.41, 5.74) is 4.71. The number of imide groups is 1. The molecule has 55 heavy (non-hydrogen) atoms. The first-order valence-electron chi connectivity index (χ1n) is 17.9. The monoisotopic (exact) mass is 742 g/mol. The highest BCUT2D eigenvalue weighted by Crippen LogP contribution is 2.44. The number of nitrogens with one attached hydrogen (secondary N) is 3. The lowest BCUT2D eigenvalue weighted by Crippen LogP contribution is -2.47. The molecular formula is C42H39FN6O6. The fourth-order valence-electron chi connectivity index (χ4n) is 6.72. The standard InChI is InChI=1S/C42H39FN6O6/c1-24(2)55-29-19-35-31(17-25(3)42(53)48(35)4)36(20-29)49-15-16-54-38-21-30(32(43)22-37(38)49)27-10-11-33(45-23-27)40(51)44-14-6-8-26-7-5-9-28(18-26)46-34-12-13-39(50)47-41(34)52/h5,7,9-11,17-24,34,46H,12-16H2,1-4H3,(H,44,51)(H,47,50,52). The van der Waals surface area contributed by atoms with Crippen LogP contribution in [0.15, 0.2) is 77.7 Å². The minimum atomic E-state index is -0.509. The molecule has 4 heterocycles. The van der Waals surface area contributed by atoms with E-state index >= 15 is 4.39 Å². The number of rotatable bonds is 8. The van der Waals surface area contributed by atoms with Crippen LogP contribution >= 0.6 is 0 Å². The van der Waals surface area contributed by atoms with Crippen LogP contribution in [0.4, 0.5) is 21.5 Å². The van der Waals surface area contributed by atoms with Crippen LogP contribution in [0, 0.1) is 24.6 Å². The molecule has 1 saturated heterocycles. The molecule has 5 aromatic rings. The summed E-state index contributed by atoms with van der Waals surface area (Å²) in [5, 5.41) is 9.00. The fraction of sp³-hybridized carbons (Fsp3) is 0.262. The van der Waals surface area contributed by atoms with Gasteiger partial charge in [0.25, 0.3) is 11.5 Å². The number of benzene rings is 3. The number of aromatic nitrogens is 2. The summed E-state index contributed by atoms with van der Waals surface area (Å²) in [7, 11) is 1.73. The van der Waals surface area contributed by atoms with Crippen molar-refractivity contribution in [3.8, 4) is 34.5 Å². The van der Waals surface area contributed by atoms with Gasteiger partial charge in [-0.1, -0.05) is 24.0 Å². The summed E-state index contributed by atoms with van der Waals surface area (Å²) >= 11 is 0. The summed E-state index contributed by atoms with van der Waals surface area (Å²) in [6.45, 7) is 6.46. The van der Waals surface area contributed by atoms with Crippen molar-refractivity contribution < 1.29 is 28.2 Å². The number of aryl methyl sites for hydroxylation is 2. The molecule has 2 aliphatic rings. The minimum absolute atomic E-state index is 0.0536. The van der Waals surface area contributed by atoms with Gasteiger partial charge in [0, 0.05) is 71.2 Å². The summed E-state index contributed by atoms with van der Waals surface area (Å²) < 4.78 is 29.7. The predicted molar refractivity (Wildman–Crippen MR) is 207 cm³/mol. The molecule has 7 rings (SSSR count). The molecule has 3 N–H and O–H groups in total. The topological polar surface area (TPSA) is 144 Å². The molecule has 0 aliphatic carbocycles. The Morgan fingerprint density at radius 2 is 1.93 bits per heavy atom. The summed E-state index contributed by atoms with van der Waals surface area (Å²) in [6.07, 6.45) is 2.02. The van der Waals surface area contributed by atoms with Crippen LogP contribution in [-0.2, 0) is 16.6 Å².